The second kappa shape index (κ2) is 5.29. The Balaban J connectivity index is 1.98. The molecule has 1 aliphatic carbocycles. The maximum absolute atomic E-state index is 11.6. The quantitative estimate of drug-likeness (QED) is 0.440. The Kier molecular flexibility index (Phi) is 3.96. The molecule has 2 fully saturated rings. The Morgan fingerprint density at radius 1 is 1.41 bits per heavy atom. The Morgan fingerprint density at radius 3 is 2.71 bits per heavy atom. The molecule has 2 aliphatic rings. The normalized spacial score (nSPS) is 30.9. The van der Waals surface area contributed by atoms with Crippen LogP contribution in [0.2, 0.25) is 0 Å². The minimum Gasteiger partial charge on any atom is -0.313 e. The van der Waals surface area contributed by atoms with Gasteiger partial charge in [0.2, 0.25) is 5.12 Å². The molecule has 5 nitrogen and oxygen atoms in total. The lowest BCUT2D eigenvalue weighted by atomic mass is 9.95. The molecule has 4 N–H and O–H groups in total. The molecule has 6 heteroatoms. The highest BCUT2D eigenvalue weighted by Crippen LogP contribution is 2.23. The summed E-state index contributed by atoms with van der Waals surface area (Å²) in [6, 6.07) is 0.456. The standard InChI is InChI=1S/C11H20N4OS/c1-8-10(16)13-11(17-2,15-14-8)12-9-6-4-3-5-7-9/h9,12,14-15H,1,3-7H2,2H3,(H,13,16)/t11-/m0/s1. The van der Waals surface area contributed by atoms with Gasteiger partial charge in [-0.25, -0.2) is 0 Å². The molecule has 0 bridgehead atoms. The van der Waals surface area contributed by atoms with Gasteiger partial charge in [0.15, 0.2) is 0 Å². The molecule has 0 aromatic carbocycles. The molecule has 1 atom stereocenters. The smallest absolute Gasteiger partial charge is 0.271 e. The van der Waals surface area contributed by atoms with Gasteiger partial charge in [-0.3, -0.25) is 10.1 Å². The van der Waals surface area contributed by atoms with Crippen molar-refractivity contribution in [1.29, 1.82) is 0 Å². The number of hydrazine groups is 1. The van der Waals surface area contributed by atoms with E-state index in [4.69, 9.17) is 0 Å². The molecule has 0 spiro atoms. The Hall–Kier alpha value is -0.720. The number of rotatable bonds is 3. The van der Waals surface area contributed by atoms with E-state index in [1.165, 1.54) is 43.9 Å². The third-order valence-electron chi connectivity index (χ3n) is 3.27. The number of carbonyl (C=O) groups is 1. The predicted octanol–water partition coefficient (Wildman–Crippen LogP) is 0.621. The van der Waals surface area contributed by atoms with E-state index in [9.17, 15) is 4.79 Å². The second-order valence-corrected chi connectivity index (χ2v) is 5.57. The highest BCUT2D eigenvalue weighted by atomic mass is 32.2. The van der Waals surface area contributed by atoms with Crippen LogP contribution in [0.5, 0.6) is 0 Å². The maximum atomic E-state index is 11.6. The molecule has 0 aromatic rings. The molecule has 1 saturated carbocycles. The van der Waals surface area contributed by atoms with Gasteiger partial charge in [0.1, 0.15) is 5.70 Å². The fourth-order valence-corrected chi connectivity index (χ4v) is 2.89. The molecule has 17 heavy (non-hydrogen) atoms. The van der Waals surface area contributed by atoms with Gasteiger partial charge in [-0.1, -0.05) is 25.8 Å². The minimum absolute atomic E-state index is 0.165. The number of hydrogen-bond acceptors (Lipinski definition) is 5. The van der Waals surface area contributed by atoms with Gasteiger partial charge in [-0.05, 0) is 19.1 Å². The van der Waals surface area contributed by atoms with Crippen molar-refractivity contribution in [3.05, 3.63) is 12.3 Å². The molecule has 0 unspecified atom stereocenters. The van der Waals surface area contributed by atoms with Crippen molar-refractivity contribution in [2.75, 3.05) is 6.26 Å². The number of thioether (sulfide) groups is 1. The number of amides is 1. The van der Waals surface area contributed by atoms with Gasteiger partial charge in [-0.2, -0.15) is 5.43 Å². The van der Waals surface area contributed by atoms with Crippen molar-refractivity contribution < 1.29 is 4.79 Å². The van der Waals surface area contributed by atoms with Gasteiger partial charge < -0.3 is 10.7 Å². The molecule has 1 heterocycles. The molecule has 1 aliphatic heterocycles. The molecule has 1 saturated heterocycles. The van der Waals surface area contributed by atoms with Crippen LogP contribution in [0.15, 0.2) is 12.3 Å². The molecule has 1 amide bonds. The van der Waals surface area contributed by atoms with Crippen LogP contribution in [0, 0.1) is 0 Å². The Morgan fingerprint density at radius 2 is 2.12 bits per heavy atom. The highest BCUT2D eigenvalue weighted by molar-refractivity contribution is 7.99. The van der Waals surface area contributed by atoms with Gasteiger partial charge in [0, 0.05) is 6.04 Å². The molecular weight excluding hydrogens is 236 g/mol. The monoisotopic (exact) mass is 256 g/mol. The van der Waals surface area contributed by atoms with Crippen LogP contribution in [0.4, 0.5) is 0 Å². The van der Waals surface area contributed by atoms with E-state index in [2.05, 4.69) is 28.1 Å². The summed E-state index contributed by atoms with van der Waals surface area (Å²) in [5.41, 5.74) is 6.25. The third-order valence-corrected chi connectivity index (χ3v) is 4.21. The lowest BCUT2D eigenvalue weighted by Crippen LogP contribution is -2.74. The first kappa shape index (κ1) is 12.7. The average Bonchev–Trinajstić information content (AvgIpc) is 2.35. The third kappa shape index (κ3) is 2.94. The first-order chi connectivity index (χ1) is 8.15. The van der Waals surface area contributed by atoms with E-state index in [1.54, 1.807) is 0 Å². The predicted molar refractivity (Wildman–Crippen MR) is 69.8 cm³/mol. The minimum atomic E-state index is -0.625. The molecule has 0 radical (unpaired) electrons. The van der Waals surface area contributed by atoms with Crippen LogP contribution in [-0.2, 0) is 4.79 Å². The largest absolute Gasteiger partial charge is 0.313 e. The molecule has 2 rings (SSSR count). The summed E-state index contributed by atoms with van der Waals surface area (Å²) in [7, 11) is 0. The molecule has 96 valence electrons. The lowest BCUT2D eigenvalue weighted by molar-refractivity contribution is -0.121. The van der Waals surface area contributed by atoms with Gasteiger partial charge >= 0.3 is 0 Å². The van der Waals surface area contributed by atoms with E-state index in [-0.39, 0.29) is 5.91 Å². The first-order valence-corrected chi connectivity index (χ1v) is 7.25. The van der Waals surface area contributed by atoms with Crippen LogP contribution in [0.1, 0.15) is 32.1 Å². The van der Waals surface area contributed by atoms with Crippen LogP contribution in [0.25, 0.3) is 0 Å². The maximum Gasteiger partial charge on any atom is 0.271 e. The Bertz CT molecular complexity index is 317. The first-order valence-electron chi connectivity index (χ1n) is 6.03. The van der Waals surface area contributed by atoms with Crippen LogP contribution in [0.3, 0.4) is 0 Å². The zero-order valence-corrected chi connectivity index (χ0v) is 11.0. The molecule has 0 aromatic heterocycles. The lowest BCUT2D eigenvalue weighted by Gasteiger charge is -2.42. The van der Waals surface area contributed by atoms with E-state index in [0.29, 0.717) is 11.7 Å². The van der Waals surface area contributed by atoms with Crippen molar-refractivity contribution in [3.63, 3.8) is 0 Å². The van der Waals surface area contributed by atoms with Crippen LogP contribution < -0.4 is 21.5 Å². The van der Waals surface area contributed by atoms with Crippen molar-refractivity contribution in [1.82, 2.24) is 21.5 Å². The summed E-state index contributed by atoms with van der Waals surface area (Å²) >= 11 is 1.53. The van der Waals surface area contributed by atoms with Crippen molar-refractivity contribution in [2.24, 2.45) is 0 Å². The number of nitrogens with one attached hydrogen (secondary N) is 4. The number of hydrogen-bond donors (Lipinski definition) is 4. The van der Waals surface area contributed by atoms with Gasteiger partial charge in [0.05, 0.1) is 0 Å². The molecular formula is C11H20N4OS. The average molecular weight is 256 g/mol. The summed E-state index contributed by atoms with van der Waals surface area (Å²) in [6.45, 7) is 3.62. The topological polar surface area (TPSA) is 65.2 Å². The fourth-order valence-electron chi connectivity index (χ4n) is 2.25. The van der Waals surface area contributed by atoms with Crippen molar-refractivity contribution in [3.8, 4) is 0 Å². The summed E-state index contributed by atoms with van der Waals surface area (Å²) in [6.07, 6.45) is 8.13. The van der Waals surface area contributed by atoms with Crippen LogP contribution in [-0.4, -0.2) is 23.3 Å². The SMILES string of the molecule is C=C1NN[C@@](NC2CCCCC2)(SC)NC1=O. The Labute approximate surface area is 106 Å². The van der Waals surface area contributed by atoms with Gasteiger partial charge in [-0.15, -0.1) is 11.8 Å². The van der Waals surface area contributed by atoms with Crippen molar-refractivity contribution >= 4 is 17.7 Å². The summed E-state index contributed by atoms with van der Waals surface area (Å²) < 4.78 is 0. The van der Waals surface area contributed by atoms with E-state index < -0.39 is 5.12 Å². The van der Waals surface area contributed by atoms with Crippen LogP contribution >= 0.6 is 11.8 Å². The zero-order valence-electron chi connectivity index (χ0n) is 10.1. The second-order valence-electron chi connectivity index (χ2n) is 4.55. The van der Waals surface area contributed by atoms with E-state index >= 15 is 0 Å². The van der Waals surface area contributed by atoms with E-state index in [0.717, 1.165) is 0 Å². The van der Waals surface area contributed by atoms with Crippen molar-refractivity contribution in [2.45, 2.75) is 43.3 Å². The summed E-state index contributed by atoms with van der Waals surface area (Å²) in [4.78, 5) is 11.6. The van der Waals surface area contributed by atoms with E-state index in [1.807, 2.05) is 6.26 Å². The number of carbonyl (C=O) groups excluding carboxylic acids is 1. The summed E-state index contributed by atoms with van der Waals surface area (Å²) in [5, 5.41) is 5.78. The zero-order chi connectivity index (χ0) is 12.3. The highest BCUT2D eigenvalue weighted by Gasteiger charge is 2.37. The summed E-state index contributed by atoms with van der Waals surface area (Å²) in [5.74, 6) is -0.165. The fraction of sp³-hybridized carbons (Fsp3) is 0.727. The van der Waals surface area contributed by atoms with Gasteiger partial charge in [0.25, 0.3) is 5.91 Å².